The number of rotatable bonds is 5. The zero-order chi connectivity index (χ0) is 11.5. The Hall–Kier alpha value is -0.280. The van der Waals surface area contributed by atoms with Gasteiger partial charge in [-0.05, 0) is 32.1 Å². The molecule has 0 aromatic rings. The van der Waals surface area contributed by atoms with Crippen LogP contribution in [0.4, 0.5) is 0 Å². The van der Waals surface area contributed by atoms with E-state index < -0.39 is 5.54 Å². The van der Waals surface area contributed by atoms with Crippen molar-refractivity contribution >= 4 is 18.3 Å². The van der Waals surface area contributed by atoms with Crippen LogP contribution in [0, 0.1) is 5.92 Å². The van der Waals surface area contributed by atoms with Gasteiger partial charge in [0.25, 0.3) is 0 Å². The third-order valence-corrected chi connectivity index (χ3v) is 3.36. The number of nitrogens with zero attached hydrogens (tertiary/aromatic N) is 1. The SMILES string of the molecule is CCCC(C)(N)C(=O)N(C)CC1CCC1.Cl. The highest BCUT2D eigenvalue weighted by Gasteiger charge is 2.31. The Bertz CT molecular complexity index is 227. The van der Waals surface area contributed by atoms with E-state index in [9.17, 15) is 4.79 Å². The largest absolute Gasteiger partial charge is 0.344 e. The van der Waals surface area contributed by atoms with Gasteiger partial charge < -0.3 is 10.6 Å². The second kappa shape index (κ2) is 6.45. The molecule has 1 aliphatic carbocycles. The highest BCUT2D eigenvalue weighted by atomic mass is 35.5. The molecule has 1 unspecified atom stereocenters. The average molecular weight is 249 g/mol. The van der Waals surface area contributed by atoms with E-state index in [1.165, 1.54) is 19.3 Å². The van der Waals surface area contributed by atoms with Crippen LogP contribution in [-0.4, -0.2) is 29.9 Å². The Morgan fingerprint density at radius 2 is 2.06 bits per heavy atom. The van der Waals surface area contributed by atoms with Gasteiger partial charge in [-0.1, -0.05) is 19.8 Å². The summed E-state index contributed by atoms with van der Waals surface area (Å²) in [5.41, 5.74) is 5.34. The summed E-state index contributed by atoms with van der Waals surface area (Å²) in [6.45, 7) is 4.79. The minimum absolute atomic E-state index is 0. The first-order valence-electron chi connectivity index (χ1n) is 6.02. The lowest BCUT2D eigenvalue weighted by atomic mass is 9.84. The maximum absolute atomic E-state index is 12.0. The molecule has 1 saturated carbocycles. The molecule has 0 aliphatic heterocycles. The molecular formula is C12H25ClN2O. The molecule has 0 bridgehead atoms. The number of nitrogens with two attached hydrogens (primary N) is 1. The number of carbonyl (C=O) groups is 1. The van der Waals surface area contributed by atoms with Crippen LogP contribution < -0.4 is 5.73 Å². The first kappa shape index (κ1) is 15.7. The van der Waals surface area contributed by atoms with E-state index in [4.69, 9.17) is 5.73 Å². The zero-order valence-electron chi connectivity index (χ0n) is 10.7. The highest BCUT2D eigenvalue weighted by molar-refractivity contribution is 5.85. The van der Waals surface area contributed by atoms with E-state index in [-0.39, 0.29) is 18.3 Å². The molecule has 0 radical (unpaired) electrons. The number of hydrogen-bond acceptors (Lipinski definition) is 2. The smallest absolute Gasteiger partial charge is 0.242 e. The van der Waals surface area contributed by atoms with Gasteiger partial charge in [0.2, 0.25) is 5.91 Å². The van der Waals surface area contributed by atoms with E-state index in [1.807, 2.05) is 18.9 Å². The normalized spacial score (nSPS) is 19.2. The molecule has 1 amide bonds. The molecule has 96 valence electrons. The molecule has 3 nitrogen and oxygen atoms in total. The number of hydrogen-bond donors (Lipinski definition) is 1. The van der Waals surface area contributed by atoms with Gasteiger partial charge in [0, 0.05) is 13.6 Å². The van der Waals surface area contributed by atoms with Gasteiger partial charge in [-0.25, -0.2) is 0 Å². The highest BCUT2D eigenvalue weighted by Crippen LogP contribution is 2.27. The lowest BCUT2D eigenvalue weighted by Crippen LogP contribution is -2.53. The number of amides is 1. The average Bonchev–Trinajstić information content (AvgIpc) is 2.09. The fraction of sp³-hybridized carbons (Fsp3) is 0.917. The molecular weight excluding hydrogens is 224 g/mol. The Balaban J connectivity index is 0.00000225. The second-order valence-corrected chi connectivity index (χ2v) is 5.15. The Kier molecular flexibility index (Phi) is 6.34. The van der Waals surface area contributed by atoms with Gasteiger partial charge >= 0.3 is 0 Å². The summed E-state index contributed by atoms with van der Waals surface area (Å²) in [6.07, 6.45) is 5.58. The molecule has 0 saturated heterocycles. The van der Waals surface area contributed by atoms with Gasteiger partial charge in [-0.3, -0.25) is 4.79 Å². The third-order valence-electron chi connectivity index (χ3n) is 3.36. The fourth-order valence-corrected chi connectivity index (χ4v) is 2.21. The van der Waals surface area contributed by atoms with Crippen LogP contribution in [0.3, 0.4) is 0 Å². The summed E-state index contributed by atoms with van der Waals surface area (Å²) < 4.78 is 0. The van der Waals surface area contributed by atoms with Gasteiger partial charge in [0.15, 0.2) is 0 Å². The lowest BCUT2D eigenvalue weighted by Gasteiger charge is -2.34. The van der Waals surface area contributed by atoms with Crippen molar-refractivity contribution in [2.45, 2.75) is 51.5 Å². The summed E-state index contributed by atoms with van der Waals surface area (Å²) in [7, 11) is 1.88. The quantitative estimate of drug-likeness (QED) is 0.811. The van der Waals surface area contributed by atoms with Crippen LogP contribution in [0.5, 0.6) is 0 Å². The molecule has 16 heavy (non-hydrogen) atoms. The van der Waals surface area contributed by atoms with Crippen molar-refractivity contribution in [3.8, 4) is 0 Å². The number of likely N-dealkylation sites (N-methyl/N-ethyl adjacent to an activating group) is 1. The fourth-order valence-electron chi connectivity index (χ4n) is 2.21. The predicted molar refractivity (Wildman–Crippen MR) is 69.7 cm³/mol. The summed E-state index contributed by atoms with van der Waals surface area (Å²) in [5, 5.41) is 0. The van der Waals surface area contributed by atoms with Gasteiger partial charge in [0.05, 0.1) is 5.54 Å². The van der Waals surface area contributed by atoms with E-state index in [2.05, 4.69) is 6.92 Å². The Labute approximate surface area is 105 Å². The molecule has 1 atom stereocenters. The molecule has 2 N–H and O–H groups in total. The molecule has 0 aromatic heterocycles. The first-order chi connectivity index (χ1) is 6.97. The van der Waals surface area contributed by atoms with Crippen molar-refractivity contribution in [1.29, 1.82) is 0 Å². The van der Waals surface area contributed by atoms with Crippen molar-refractivity contribution < 1.29 is 4.79 Å². The molecule has 0 spiro atoms. The lowest BCUT2D eigenvalue weighted by molar-refractivity contribution is -0.136. The van der Waals surface area contributed by atoms with Crippen LogP contribution in [0.15, 0.2) is 0 Å². The van der Waals surface area contributed by atoms with Gasteiger partial charge in [-0.2, -0.15) is 0 Å². The molecule has 0 aromatic carbocycles. The van der Waals surface area contributed by atoms with Crippen LogP contribution in [0.1, 0.15) is 46.0 Å². The summed E-state index contributed by atoms with van der Waals surface area (Å²) >= 11 is 0. The summed E-state index contributed by atoms with van der Waals surface area (Å²) in [4.78, 5) is 13.9. The summed E-state index contributed by atoms with van der Waals surface area (Å²) in [6, 6.07) is 0. The van der Waals surface area contributed by atoms with Crippen molar-refractivity contribution in [3.05, 3.63) is 0 Å². The van der Waals surface area contributed by atoms with E-state index >= 15 is 0 Å². The molecule has 1 aliphatic rings. The Morgan fingerprint density at radius 3 is 2.44 bits per heavy atom. The topological polar surface area (TPSA) is 46.3 Å². The van der Waals surface area contributed by atoms with Crippen molar-refractivity contribution in [2.24, 2.45) is 11.7 Å². The van der Waals surface area contributed by atoms with Crippen LogP contribution in [0.2, 0.25) is 0 Å². The Morgan fingerprint density at radius 1 is 1.50 bits per heavy atom. The van der Waals surface area contributed by atoms with E-state index in [1.54, 1.807) is 0 Å². The maximum atomic E-state index is 12.0. The third kappa shape index (κ3) is 3.95. The standard InChI is InChI=1S/C12H24N2O.ClH/c1-4-8-12(2,13)11(15)14(3)9-10-6-5-7-10;/h10H,4-9,13H2,1-3H3;1H. The molecule has 0 heterocycles. The molecule has 1 rings (SSSR count). The van der Waals surface area contributed by atoms with Gasteiger partial charge in [0.1, 0.15) is 0 Å². The minimum Gasteiger partial charge on any atom is -0.344 e. The molecule has 4 heteroatoms. The predicted octanol–water partition coefficient (Wildman–Crippen LogP) is 2.18. The number of halogens is 1. The van der Waals surface area contributed by atoms with Gasteiger partial charge in [-0.15, -0.1) is 12.4 Å². The second-order valence-electron chi connectivity index (χ2n) is 5.15. The number of carbonyl (C=O) groups excluding carboxylic acids is 1. The minimum atomic E-state index is -0.673. The van der Waals surface area contributed by atoms with Crippen molar-refractivity contribution in [1.82, 2.24) is 4.90 Å². The zero-order valence-corrected chi connectivity index (χ0v) is 11.5. The van der Waals surface area contributed by atoms with Crippen LogP contribution in [0.25, 0.3) is 0 Å². The van der Waals surface area contributed by atoms with Crippen molar-refractivity contribution in [2.75, 3.05) is 13.6 Å². The van der Waals surface area contributed by atoms with E-state index in [0.717, 1.165) is 25.3 Å². The molecule has 1 fully saturated rings. The summed E-state index contributed by atoms with van der Waals surface area (Å²) in [5.74, 6) is 0.813. The monoisotopic (exact) mass is 248 g/mol. The van der Waals surface area contributed by atoms with Crippen molar-refractivity contribution in [3.63, 3.8) is 0 Å². The first-order valence-corrected chi connectivity index (χ1v) is 6.02. The van der Waals surface area contributed by atoms with E-state index in [0.29, 0.717) is 0 Å². The maximum Gasteiger partial charge on any atom is 0.242 e. The van der Waals surface area contributed by atoms with Crippen LogP contribution in [-0.2, 0) is 4.79 Å². The van der Waals surface area contributed by atoms with Crippen LogP contribution >= 0.6 is 12.4 Å².